The van der Waals surface area contributed by atoms with Crippen molar-refractivity contribution in [1.29, 1.82) is 0 Å². The van der Waals surface area contributed by atoms with E-state index in [2.05, 4.69) is 0 Å². The zero-order chi connectivity index (χ0) is 25.0. The average molecular weight is 466 g/mol. The molecule has 3 rings (SSSR count). The number of rotatable bonds is 8. The fourth-order valence-electron chi connectivity index (χ4n) is 3.61. The van der Waals surface area contributed by atoms with Gasteiger partial charge in [0.2, 0.25) is 0 Å². The van der Waals surface area contributed by atoms with E-state index in [0.29, 0.717) is 11.1 Å². The molecule has 0 spiro atoms. The second-order valence-electron chi connectivity index (χ2n) is 8.72. The number of aryl methyl sites for hydroxylation is 2. The minimum Gasteiger partial charge on any atom is -0.387 e. The van der Waals surface area contributed by atoms with Gasteiger partial charge in [-0.1, -0.05) is 42.5 Å². The number of alkyl halides is 2. The molecule has 0 bridgehead atoms. The number of halogens is 2. The molecule has 4 nitrogen and oxygen atoms in total. The highest BCUT2D eigenvalue weighted by atomic mass is 19.3. The second kappa shape index (κ2) is 10.3. The van der Waals surface area contributed by atoms with Gasteiger partial charge in [0.15, 0.2) is 0 Å². The molecule has 34 heavy (non-hydrogen) atoms. The molecule has 178 valence electrons. The number of aliphatic hydroxyl groups is 1. The van der Waals surface area contributed by atoms with Gasteiger partial charge in [-0.3, -0.25) is 9.59 Å². The number of anilines is 1. The predicted molar refractivity (Wildman–Crippen MR) is 130 cm³/mol. The largest absolute Gasteiger partial charge is 0.387 e. The molecule has 6 heteroatoms. The highest BCUT2D eigenvalue weighted by Gasteiger charge is 2.37. The Balaban J connectivity index is 1.61. The van der Waals surface area contributed by atoms with Crippen molar-refractivity contribution in [3.05, 3.63) is 100 Å². The Kier molecular flexibility index (Phi) is 7.62. The maximum absolute atomic E-state index is 13.9. The van der Waals surface area contributed by atoms with E-state index in [4.69, 9.17) is 0 Å². The van der Waals surface area contributed by atoms with Crippen molar-refractivity contribution in [2.45, 2.75) is 45.6 Å². The van der Waals surface area contributed by atoms with Crippen LogP contribution in [0.5, 0.6) is 0 Å². The summed E-state index contributed by atoms with van der Waals surface area (Å²) in [5.74, 6) is -3.55. The van der Waals surface area contributed by atoms with Crippen LogP contribution in [0.25, 0.3) is 0 Å². The van der Waals surface area contributed by atoms with Crippen LogP contribution in [0.2, 0.25) is 0 Å². The summed E-state index contributed by atoms with van der Waals surface area (Å²) in [7, 11) is 1.73. The van der Waals surface area contributed by atoms with E-state index in [1.807, 2.05) is 32.0 Å². The van der Waals surface area contributed by atoms with E-state index in [0.717, 1.165) is 29.3 Å². The lowest BCUT2D eigenvalue weighted by atomic mass is 9.98. The van der Waals surface area contributed by atoms with Gasteiger partial charge in [-0.25, -0.2) is 0 Å². The first kappa shape index (κ1) is 25.2. The monoisotopic (exact) mass is 465 g/mol. The molecule has 0 aliphatic rings. The Morgan fingerprint density at radius 3 is 1.91 bits per heavy atom. The molecular weight excluding hydrogens is 436 g/mol. The van der Waals surface area contributed by atoms with Crippen LogP contribution >= 0.6 is 0 Å². The SMILES string of the molecule is Cc1ccc(N(C)C(=O)c2ccc(CC(=O)Cc3ccc(C(F)(F)[C@H](C)O)cc3)cc2)cc1C. The van der Waals surface area contributed by atoms with Crippen LogP contribution in [0.15, 0.2) is 66.7 Å². The fraction of sp³-hybridized carbons (Fsp3) is 0.286. The Morgan fingerprint density at radius 1 is 0.882 bits per heavy atom. The summed E-state index contributed by atoms with van der Waals surface area (Å²) in [5, 5.41) is 9.25. The smallest absolute Gasteiger partial charge is 0.298 e. The number of aliphatic hydroxyl groups excluding tert-OH is 1. The van der Waals surface area contributed by atoms with Gasteiger partial charge in [0, 0.05) is 36.7 Å². The summed E-state index contributed by atoms with van der Waals surface area (Å²) in [4.78, 5) is 26.9. The normalized spacial score (nSPS) is 12.3. The molecule has 1 amide bonds. The third-order valence-electron chi connectivity index (χ3n) is 6.05. The number of benzene rings is 3. The fourth-order valence-corrected chi connectivity index (χ4v) is 3.61. The molecule has 0 unspecified atom stereocenters. The lowest BCUT2D eigenvalue weighted by Gasteiger charge is -2.19. The molecule has 1 atom stereocenters. The number of hydrogen-bond donors (Lipinski definition) is 1. The zero-order valence-electron chi connectivity index (χ0n) is 19.8. The van der Waals surface area contributed by atoms with Crippen LogP contribution in [0.1, 0.15) is 45.1 Å². The van der Waals surface area contributed by atoms with E-state index in [1.165, 1.54) is 24.3 Å². The van der Waals surface area contributed by atoms with Crippen LogP contribution in [-0.4, -0.2) is 29.9 Å². The van der Waals surface area contributed by atoms with E-state index < -0.39 is 12.0 Å². The lowest BCUT2D eigenvalue weighted by Crippen LogP contribution is -2.27. The maximum atomic E-state index is 13.9. The lowest BCUT2D eigenvalue weighted by molar-refractivity contribution is -0.117. The standard InChI is InChI=1S/C28H29F2NO3/c1-18-5-14-25(15-19(18)2)31(4)27(34)23-10-6-21(7-11-23)16-26(33)17-22-8-12-24(13-9-22)28(29,30)20(3)32/h5-15,20,32H,16-17H2,1-4H3/t20-/m0/s1. The molecule has 0 saturated heterocycles. The molecule has 0 radical (unpaired) electrons. The van der Waals surface area contributed by atoms with Gasteiger partial charge in [-0.2, -0.15) is 8.78 Å². The molecule has 0 aliphatic heterocycles. The Hall–Kier alpha value is -3.38. The zero-order valence-corrected chi connectivity index (χ0v) is 19.8. The van der Waals surface area contributed by atoms with Gasteiger partial charge in [0.1, 0.15) is 11.9 Å². The molecule has 0 aliphatic carbocycles. The highest BCUT2D eigenvalue weighted by molar-refractivity contribution is 6.05. The number of amides is 1. The highest BCUT2D eigenvalue weighted by Crippen LogP contribution is 2.31. The number of Topliss-reactive ketones (excluding diaryl/α,β-unsaturated/α-hetero) is 1. The van der Waals surface area contributed by atoms with Crippen molar-refractivity contribution in [2.24, 2.45) is 0 Å². The summed E-state index contributed by atoms with van der Waals surface area (Å²) in [6.07, 6.45) is -1.51. The first-order valence-electron chi connectivity index (χ1n) is 11.1. The first-order chi connectivity index (χ1) is 16.0. The summed E-state index contributed by atoms with van der Waals surface area (Å²) >= 11 is 0. The van der Waals surface area contributed by atoms with Gasteiger partial charge in [0.25, 0.3) is 11.8 Å². The van der Waals surface area contributed by atoms with E-state index in [-0.39, 0.29) is 30.1 Å². The summed E-state index contributed by atoms with van der Waals surface area (Å²) in [6.45, 7) is 5.06. The molecule has 0 aromatic heterocycles. The first-order valence-corrected chi connectivity index (χ1v) is 11.1. The third kappa shape index (κ3) is 5.75. The van der Waals surface area contributed by atoms with Gasteiger partial charge in [-0.05, 0) is 67.3 Å². The molecule has 1 N–H and O–H groups in total. The second-order valence-corrected chi connectivity index (χ2v) is 8.72. The number of hydrogen-bond acceptors (Lipinski definition) is 3. The van der Waals surface area contributed by atoms with Gasteiger partial charge >= 0.3 is 0 Å². The minimum atomic E-state index is -3.34. The van der Waals surface area contributed by atoms with Crippen molar-refractivity contribution in [3.63, 3.8) is 0 Å². The van der Waals surface area contributed by atoms with Crippen molar-refractivity contribution >= 4 is 17.4 Å². The van der Waals surface area contributed by atoms with Crippen molar-refractivity contribution in [2.75, 3.05) is 11.9 Å². The van der Waals surface area contributed by atoms with E-state index in [9.17, 15) is 23.5 Å². The predicted octanol–water partition coefficient (Wildman–Crippen LogP) is 5.41. The third-order valence-corrected chi connectivity index (χ3v) is 6.05. The van der Waals surface area contributed by atoms with Crippen LogP contribution < -0.4 is 4.90 Å². The molecule has 0 fully saturated rings. The van der Waals surface area contributed by atoms with Crippen LogP contribution in [-0.2, 0) is 23.6 Å². The molecular formula is C28H29F2NO3. The van der Waals surface area contributed by atoms with Crippen molar-refractivity contribution in [1.82, 2.24) is 0 Å². The van der Waals surface area contributed by atoms with E-state index >= 15 is 0 Å². The minimum absolute atomic E-state index is 0.0682. The van der Waals surface area contributed by atoms with Gasteiger partial charge in [-0.15, -0.1) is 0 Å². The van der Waals surface area contributed by atoms with Crippen molar-refractivity contribution < 1.29 is 23.5 Å². The summed E-state index contributed by atoms with van der Waals surface area (Å²) in [6, 6.07) is 18.2. The summed E-state index contributed by atoms with van der Waals surface area (Å²) in [5.41, 5.74) is 4.70. The van der Waals surface area contributed by atoms with Crippen LogP contribution in [0.3, 0.4) is 0 Å². The average Bonchev–Trinajstić information content (AvgIpc) is 2.80. The Labute approximate surface area is 198 Å². The van der Waals surface area contributed by atoms with Crippen molar-refractivity contribution in [3.8, 4) is 0 Å². The van der Waals surface area contributed by atoms with Gasteiger partial charge in [0.05, 0.1) is 0 Å². The number of carbonyl (C=O) groups excluding carboxylic acids is 2. The molecule has 0 heterocycles. The molecule has 0 saturated carbocycles. The topological polar surface area (TPSA) is 57.6 Å². The summed E-state index contributed by atoms with van der Waals surface area (Å²) < 4.78 is 27.8. The quantitative estimate of drug-likeness (QED) is 0.484. The molecule has 3 aromatic carbocycles. The number of nitrogens with zero attached hydrogens (tertiary/aromatic N) is 1. The van der Waals surface area contributed by atoms with Crippen LogP contribution in [0.4, 0.5) is 14.5 Å². The Morgan fingerprint density at radius 2 is 1.41 bits per heavy atom. The van der Waals surface area contributed by atoms with E-state index in [1.54, 1.807) is 36.2 Å². The number of carbonyl (C=O) groups is 2. The number of ketones is 1. The van der Waals surface area contributed by atoms with Crippen LogP contribution in [0, 0.1) is 13.8 Å². The van der Waals surface area contributed by atoms with Gasteiger partial charge < -0.3 is 10.0 Å². The Bertz CT molecular complexity index is 1170. The molecule has 3 aromatic rings. The maximum Gasteiger partial charge on any atom is 0.298 e.